The van der Waals surface area contributed by atoms with Crippen LogP contribution in [0.2, 0.25) is 5.02 Å². The van der Waals surface area contributed by atoms with Gasteiger partial charge in [0.25, 0.3) is 0 Å². The molecule has 0 amide bonds. The fourth-order valence-electron chi connectivity index (χ4n) is 3.15. The van der Waals surface area contributed by atoms with E-state index in [1.165, 1.54) is 0 Å². The summed E-state index contributed by atoms with van der Waals surface area (Å²) in [5, 5.41) is 6.25. The number of aromatic nitrogens is 1. The van der Waals surface area contributed by atoms with Crippen LogP contribution in [-0.4, -0.2) is 26.2 Å². The molecule has 0 aliphatic rings. The first-order chi connectivity index (χ1) is 13.0. The van der Waals surface area contributed by atoms with Gasteiger partial charge in [-0.1, -0.05) is 11.6 Å². The minimum Gasteiger partial charge on any atom is -0.497 e. The lowest BCUT2D eigenvalue weighted by atomic mass is 10.1. The van der Waals surface area contributed by atoms with E-state index in [0.717, 1.165) is 44.6 Å². The number of rotatable bonds is 4. The third kappa shape index (κ3) is 4.61. The summed E-state index contributed by atoms with van der Waals surface area (Å²) in [5.74, 6) is 0.795. The number of hydrogen-bond donors (Lipinski definition) is 1. The molecule has 4 nitrogen and oxygen atoms in total. The van der Waals surface area contributed by atoms with Crippen molar-refractivity contribution in [3.63, 3.8) is 0 Å². The fraction of sp³-hybridized carbons (Fsp3) is 0.136. The summed E-state index contributed by atoms with van der Waals surface area (Å²) < 4.78 is 5.42. The Hall–Kier alpha value is -2.40. The van der Waals surface area contributed by atoms with Crippen LogP contribution in [0, 0.1) is 0 Å². The zero-order valence-electron chi connectivity index (χ0n) is 16.3. The number of halogens is 3. The Morgan fingerprint density at radius 3 is 2.24 bits per heavy atom. The number of benzene rings is 3. The van der Waals surface area contributed by atoms with Gasteiger partial charge in [0.2, 0.25) is 0 Å². The molecule has 0 radical (unpaired) electrons. The summed E-state index contributed by atoms with van der Waals surface area (Å²) in [4.78, 5) is 6.84. The van der Waals surface area contributed by atoms with Gasteiger partial charge in [0.05, 0.1) is 23.8 Å². The average molecular weight is 451 g/mol. The first kappa shape index (κ1) is 22.9. The lowest BCUT2D eigenvalue weighted by Gasteiger charge is -2.16. The van der Waals surface area contributed by atoms with Gasteiger partial charge < -0.3 is 15.0 Å². The van der Waals surface area contributed by atoms with Crippen LogP contribution in [-0.2, 0) is 0 Å². The van der Waals surface area contributed by atoms with Gasteiger partial charge >= 0.3 is 0 Å². The van der Waals surface area contributed by atoms with Crippen LogP contribution in [0.15, 0.2) is 60.7 Å². The van der Waals surface area contributed by atoms with Crippen LogP contribution >= 0.6 is 36.4 Å². The normalized spacial score (nSPS) is 10.2. The molecular weight excluding hydrogens is 429 g/mol. The Bertz CT molecular complexity index is 1130. The number of fused-ring (bicyclic) bond motifs is 2. The zero-order chi connectivity index (χ0) is 19.0. The molecule has 0 saturated carbocycles. The van der Waals surface area contributed by atoms with Gasteiger partial charge in [0.15, 0.2) is 0 Å². The monoisotopic (exact) mass is 449 g/mol. The van der Waals surface area contributed by atoms with E-state index in [9.17, 15) is 0 Å². The maximum atomic E-state index is 6.19. The van der Waals surface area contributed by atoms with Crippen molar-refractivity contribution < 1.29 is 4.74 Å². The molecule has 0 atom stereocenters. The van der Waals surface area contributed by atoms with Crippen molar-refractivity contribution in [3.05, 3.63) is 65.7 Å². The molecule has 4 aromatic rings. The van der Waals surface area contributed by atoms with Crippen LogP contribution in [0.3, 0.4) is 0 Å². The molecule has 0 unspecified atom stereocenters. The molecule has 0 aliphatic heterocycles. The van der Waals surface area contributed by atoms with Crippen LogP contribution in [0.5, 0.6) is 5.75 Å². The number of anilines is 3. The molecule has 7 heteroatoms. The molecule has 1 aromatic heterocycles. The Balaban J connectivity index is 0.00000150. The van der Waals surface area contributed by atoms with E-state index in [0.29, 0.717) is 5.02 Å². The molecule has 1 N–H and O–H groups in total. The van der Waals surface area contributed by atoms with Gasteiger partial charge in [-0.2, -0.15) is 0 Å². The van der Waals surface area contributed by atoms with Crippen molar-refractivity contribution in [2.24, 2.45) is 0 Å². The van der Waals surface area contributed by atoms with Gasteiger partial charge in [-0.3, -0.25) is 0 Å². The Labute approximate surface area is 187 Å². The zero-order valence-corrected chi connectivity index (χ0v) is 18.7. The molecule has 4 rings (SSSR count). The standard InChI is InChI=1S/C22H20ClN3O.2ClH/c1-26(2)16-7-5-15(6-8-16)24-22-18-10-4-14(23)12-21(18)25-20-11-9-17(27-3)13-19(20)22;;/h4-13H,1-3H3,(H,24,25);2*1H. The summed E-state index contributed by atoms with van der Waals surface area (Å²) in [5.41, 5.74) is 4.89. The topological polar surface area (TPSA) is 37.4 Å². The summed E-state index contributed by atoms with van der Waals surface area (Å²) in [6, 6.07) is 20.0. The molecular formula is C22H22Cl3N3O. The number of ether oxygens (including phenoxy) is 1. The molecule has 0 spiro atoms. The highest BCUT2D eigenvalue weighted by atomic mass is 35.5. The third-order valence-electron chi connectivity index (χ3n) is 4.60. The lowest BCUT2D eigenvalue weighted by Crippen LogP contribution is -2.08. The number of methoxy groups -OCH3 is 1. The Morgan fingerprint density at radius 1 is 0.862 bits per heavy atom. The highest BCUT2D eigenvalue weighted by Gasteiger charge is 2.11. The van der Waals surface area contributed by atoms with Crippen LogP contribution in [0.25, 0.3) is 21.8 Å². The van der Waals surface area contributed by atoms with Crippen LogP contribution in [0.1, 0.15) is 0 Å². The maximum Gasteiger partial charge on any atom is 0.119 e. The Kier molecular flexibility index (Phi) is 7.42. The van der Waals surface area contributed by atoms with E-state index >= 15 is 0 Å². The maximum absolute atomic E-state index is 6.19. The van der Waals surface area contributed by atoms with E-state index in [4.69, 9.17) is 21.3 Å². The second-order valence-corrected chi connectivity index (χ2v) is 7.03. The average Bonchev–Trinajstić information content (AvgIpc) is 2.67. The molecule has 152 valence electrons. The minimum atomic E-state index is 0. The van der Waals surface area contributed by atoms with Crippen LogP contribution < -0.4 is 15.0 Å². The Morgan fingerprint density at radius 2 is 1.59 bits per heavy atom. The second-order valence-electron chi connectivity index (χ2n) is 6.60. The molecule has 0 aliphatic carbocycles. The van der Waals surface area contributed by atoms with Crippen molar-refractivity contribution >= 4 is 75.3 Å². The van der Waals surface area contributed by atoms with Gasteiger partial charge in [-0.25, -0.2) is 4.98 Å². The summed E-state index contributed by atoms with van der Waals surface area (Å²) in [7, 11) is 5.73. The number of hydrogen-bond acceptors (Lipinski definition) is 4. The van der Waals surface area contributed by atoms with E-state index in [1.807, 2.05) is 50.5 Å². The predicted molar refractivity (Wildman–Crippen MR) is 129 cm³/mol. The van der Waals surface area contributed by atoms with Gasteiger partial charge in [0.1, 0.15) is 5.75 Å². The van der Waals surface area contributed by atoms with E-state index in [2.05, 4.69) is 34.5 Å². The summed E-state index contributed by atoms with van der Waals surface area (Å²) in [6.45, 7) is 0. The molecule has 0 saturated heterocycles. The van der Waals surface area contributed by atoms with Crippen molar-refractivity contribution in [3.8, 4) is 5.75 Å². The number of nitrogens with zero attached hydrogens (tertiary/aromatic N) is 2. The van der Waals surface area contributed by atoms with Gasteiger partial charge in [0, 0.05) is 41.3 Å². The quantitative estimate of drug-likeness (QED) is 0.351. The molecule has 0 fully saturated rings. The van der Waals surface area contributed by atoms with E-state index in [1.54, 1.807) is 7.11 Å². The highest BCUT2D eigenvalue weighted by molar-refractivity contribution is 6.31. The van der Waals surface area contributed by atoms with Crippen molar-refractivity contribution in [1.29, 1.82) is 0 Å². The number of pyridine rings is 1. The van der Waals surface area contributed by atoms with E-state index < -0.39 is 0 Å². The third-order valence-corrected chi connectivity index (χ3v) is 4.83. The van der Waals surface area contributed by atoms with Crippen LogP contribution in [0.4, 0.5) is 17.1 Å². The summed E-state index contributed by atoms with van der Waals surface area (Å²) in [6.07, 6.45) is 0. The van der Waals surface area contributed by atoms with Gasteiger partial charge in [-0.15, -0.1) is 24.8 Å². The minimum absolute atomic E-state index is 0. The van der Waals surface area contributed by atoms with E-state index in [-0.39, 0.29) is 24.8 Å². The predicted octanol–water partition coefficient (Wildman–Crippen LogP) is 6.70. The summed E-state index contributed by atoms with van der Waals surface area (Å²) >= 11 is 6.19. The largest absolute Gasteiger partial charge is 0.497 e. The first-order valence-electron chi connectivity index (χ1n) is 8.66. The van der Waals surface area contributed by atoms with Gasteiger partial charge in [-0.05, 0) is 60.7 Å². The second kappa shape index (κ2) is 9.40. The fourth-order valence-corrected chi connectivity index (χ4v) is 3.31. The van der Waals surface area contributed by atoms with Crippen molar-refractivity contribution in [2.45, 2.75) is 0 Å². The molecule has 3 aromatic carbocycles. The number of nitrogens with one attached hydrogen (secondary N) is 1. The van der Waals surface area contributed by atoms with Crippen molar-refractivity contribution in [2.75, 3.05) is 31.4 Å². The molecule has 0 bridgehead atoms. The lowest BCUT2D eigenvalue weighted by molar-refractivity contribution is 0.415. The van der Waals surface area contributed by atoms with Crippen molar-refractivity contribution in [1.82, 2.24) is 4.98 Å². The SMILES string of the molecule is COc1ccc2nc3cc(Cl)ccc3c(Nc3ccc(N(C)C)cc3)c2c1.Cl.Cl. The highest BCUT2D eigenvalue weighted by Crippen LogP contribution is 2.36. The first-order valence-corrected chi connectivity index (χ1v) is 9.04. The molecule has 1 heterocycles. The molecule has 29 heavy (non-hydrogen) atoms. The smallest absolute Gasteiger partial charge is 0.119 e.